The third-order valence-corrected chi connectivity index (χ3v) is 5.19. The lowest BCUT2D eigenvalue weighted by Crippen LogP contribution is -2.46. The van der Waals surface area contributed by atoms with Crippen LogP contribution in [0.3, 0.4) is 0 Å². The molecule has 0 radical (unpaired) electrons. The van der Waals surface area contributed by atoms with Crippen LogP contribution in [-0.4, -0.2) is 28.5 Å². The summed E-state index contributed by atoms with van der Waals surface area (Å²) in [5, 5.41) is 13.3. The van der Waals surface area contributed by atoms with Crippen LogP contribution in [0.15, 0.2) is 54.6 Å². The average Bonchev–Trinajstić information content (AvgIpc) is 2.88. The summed E-state index contributed by atoms with van der Waals surface area (Å²) >= 11 is 0. The van der Waals surface area contributed by atoms with Crippen molar-refractivity contribution in [2.45, 2.75) is 30.9 Å². The number of aryl methyl sites for hydroxylation is 1. The van der Waals surface area contributed by atoms with Gasteiger partial charge in [0.15, 0.2) is 0 Å². The van der Waals surface area contributed by atoms with Crippen molar-refractivity contribution in [3.05, 3.63) is 71.3 Å². The molecule has 1 aliphatic heterocycles. The Morgan fingerprint density at radius 3 is 2.60 bits per heavy atom. The molecule has 1 heterocycles. The molecule has 0 aromatic heterocycles. The molecule has 1 fully saturated rings. The number of hydrogen-bond acceptors (Lipinski definition) is 3. The molecule has 1 spiro atoms. The van der Waals surface area contributed by atoms with Crippen LogP contribution in [0, 0.1) is 0 Å². The van der Waals surface area contributed by atoms with Gasteiger partial charge < -0.3 is 10.4 Å². The van der Waals surface area contributed by atoms with E-state index < -0.39 is 17.7 Å². The van der Waals surface area contributed by atoms with Crippen molar-refractivity contribution >= 4 is 11.9 Å². The first-order valence-corrected chi connectivity index (χ1v) is 8.57. The summed E-state index contributed by atoms with van der Waals surface area (Å²) in [7, 11) is 0. The van der Waals surface area contributed by atoms with Crippen LogP contribution in [0.1, 0.15) is 35.6 Å². The van der Waals surface area contributed by atoms with E-state index in [0.29, 0.717) is 12.0 Å². The van der Waals surface area contributed by atoms with E-state index in [9.17, 15) is 14.7 Å². The SMILES string of the molecule is O=C1NC2(CCCc3ccccc32)C(=O)N1CC(O)c1ccccc1. The second-order valence-corrected chi connectivity index (χ2v) is 6.69. The summed E-state index contributed by atoms with van der Waals surface area (Å²) in [6.45, 7) is -0.0431. The molecule has 0 saturated carbocycles. The molecule has 2 aromatic carbocycles. The number of β-amino-alcohol motifs (C(OH)–C–C–N with tert-alkyl or cyclic N) is 1. The Bertz CT molecular complexity index is 821. The van der Waals surface area contributed by atoms with Gasteiger partial charge in [-0.2, -0.15) is 0 Å². The van der Waals surface area contributed by atoms with Crippen LogP contribution in [0.5, 0.6) is 0 Å². The highest BCUT2D eigenvalue weighted by Gasteiger charge is 2.54. The Morgan fingerprint density at radius 2 is 1.80 bits per heavy atom. The normalized spacial score (nSPS) is 23.5. The second-order valence-electron chi connectivity index (χ2n) is 6.69. The van der Waals surface area contributed by atoms with E-state index >= 15 is 0 Å². The molecule has 2 unspecified atom stereocenters. The van der Waals surface area contributed by atoms with Gasteiger partial charge in [0.1, 0.15) is 5.54 Å². The lowest BCUT2D eigenvalue weighted by atomic mass is 9.76. The monoisotopic (exact) mass is 336 g/mol. The highest BCUT2D eigenvalue weighted by molar-refractivity contribution is 6.07. The number of imide groups is 1. The molecule has 5 heteroatoms. The van der Waals surface area contributed by atoms with Gasteiger partial charge >= 0.3 is 6.03 Å². The standard InChI is InChI=1S/C20H20N2O3/c23-17(15-8-2-1-3-9-15)13-22-18(24)20(21-19(22)25)12-6-10-14-7-4-5-11-16(14)20/h1-5,7-9,11,17,23H,6,10,12-13H2,(H,21,25). The third-order valence-electron chi connectivity index (χ3n) is 5.19. The van der Waals surface area contributed by atoms with Gasteiger partial charge in [-0.1, -0.05) is 54.6 Å². The second kappa shape index (κ2) is 6.01. The number of amides is 3. The van der Waals surface area contributed by atoms with Crippen LogP contribution >= 0.6 is 0 Å². The molecule has 5 nitrogen and oxygen atoms in total. The first kappa shape index (κ1) is 15.8. The summed E-state index contributed by atoms with van der Waals surface area (Å²) < 4.78 is 0. The van der Waals surface area contributed by atoms with Crippen LogP contribution in [0.25, 0.3) is 0 Å². The number of nitrogens with zero attached hydrogens (tertiary/aromatic N) is 1. The summed E-state index contributed by atoms with van der Waals surface area (Å²) in [6, 6.07) is 16.4. The molecular weight excluding hydrogens is 316 g/mol. The Labute approximate surface area is 146 Å². The molecule has 0 bridgehead atoms. The predicted molar refractivity (Wildman–Crippen MR) is 92.7 cm³/mol. The minimum Gasteiger partial charge on any atom is -0.387 e. The number of aliphatic hydroxyl groups excluding tert-OH is 1. The molecule has 3 amide bonds. The zero-order valence-electron chi connectivity index (χ0n) is 13.8. The smallest absolute Gasteiger partial charge is 0.325 e. The fourth-order valence-corrected chi connectivity index (χ4v) is 3.93. The van der Waals surface area contributed by atoms with Crippen molar-refractivity contribution in [1.29, 1.82) is 0 Å². The molecule has 25 heavy (non-hydrogen) atoms. The topological polar surface area (TPSA) is 69.6 Å². The van der Waals surface area contributed by atoms with E-state index in [0.717, 1.165) is 28.9 Å². The molecule has 2 aromatic rings. The quantitative estimate of drug-likeness (QED) is 0.846. The van der Waals surface area contributed by atoms with Crippen molar-refractivity contribution in [3.8, 4) is 0 Å². The number of carbonyl (C=O) groups is 2. The maximum atomic E-state index is 13.2. The maximum Gasteiger partial charge on any atom is 0.325 e. The number of aliphatic hydroxyl groups is 1. The van der Waals surface area contributed by atoms with Crippen molar-refractivity contribution < 1.29 is 14.7 Å². The molecule has 2 atom stereocenters. The molecule has 4 rings (SSSR count). The number of fused-ring (bicyclic) bond motifs is 2. The molecular formula is C20H20N2O3. The van der Waals surface area contributed by atoms with Gasteiger partial charge in [-0.05, 0) is 36.0 Å². The number of nitrogens with one attached hydrogen (secondary N) is 1. The number of carbonyl (C=O) groups excluding carboxylic acids is 2. The van der Waals surface area contributed by atoms with Crippen LogP contribution in [0.4, 0.5) is 4.79 Å². The first-order valence-electron chi connectivity index (χ1n) is 8.57. The minimum absolute atomic E-state index is 0.0431. The van der Waals surface area contributed by atoms with Crippen LogP contribution < -0.4 is 5.32 Å². The lowest BCUT2D eigenvalue weighted by Gasteiger charge is -2.33. The van der Waals surface area contributed by atoms with Gasteiger partial charge in [-0.25, -0.2) is 4.79 Å². The average molecular weight is 336 g/mol. The predicted octanol–water partition coefficient (Wildman–Crippen LogP) is 2.50. The third kappa shape index (κ3) is 2.51. The molecule has 1 saturated heterocycles. The van der Waals surface area contributed by atoms with Gasteiger partial charge in [-0.15, -0.1) is 0 Å². The van der Waals surface area contributed by atoms with Gasteiger partial charge in [0.05, 0.1) is 12.6 Å². The Hall–Kier alpha value is -2.66. The largest absolute Gasteiger partial charge is 0.387 e. The highest BCUT2D eigenvalue weighted by atomic mass is 16.3. The van der Waals surface area contributed by atoms with Crippen LogP contribution in [-0.2, 0) is 16.8 Å². The van der Waals surface area contributed by atoms with Gasteiger partial charge in [-0.3, -0.25) is 9.69 Å². The van der Waals surface area contributed by atoms with Crippen molar-refractivity contribution in [3.63, 3.8) is 0 Å². The fraction of sp³-hybridized carbons (Fsp3) is 0.300. The highest BCUT2D eigenvalue weighted by Crippen LogP contribution is 2.40. The van der Waals surface area contributed by atoms with Gasteiger partial charge in [0.2, 0.25) is 0 Å². The van der Waals surface area contributed by atoms with E-state index in [1.54, 1.807) is 12.1 Å². The molecule has 2 aliphatic rings. The summed E-state index contributed by atoms with van der Waals surface area (Å²) in [5.74, 6) is -0.264. The Morgan fingerprint density at radius 1 is 1.08 bits per heavy atom. The fourth-order valence-electron chi connectivity index (χ4n) is 3.93. The van der Waals surface area contributed by atoms with Crippen molar-refractivity contribution in [2.75, 3.05) is 6.54 Å². The summed E-state index contributed by atoms with van der Waals surface area (Å²) in [5.41, 5.74) is 1.69. The van der Waals surface area contributed by atoms with Crippen LogP contribution in [0.2, 0.25) is 0 Å². The molecule has 128 valence electrons. The van der Waals surface area contributed by atoms with Crippen molar-refractivity contribution in [2.24, 2.45) is 0 Å². The minimum atomic E-state index is -0.984. The zero-order valence-corrected chi connectivity index (χ0v) is 13.8. The van der Waals surface area contributed by atoms with E-state index in [2.05, 4.69) is 5.32 Å². The molecule has 1 aliphatic carbocycles. The van der Waals surface area contributed by atoms with Gasteiger partial charge in [0.25, 0.3) is 5.91 Å². The summed E-state index contributed by atoms with van der Waals surface area (Å²) in [4.78, 5) is 26.8. The number of benzene rings is 2. The number of hydrogen-bond donors (Lipinski definition) is 2. The van der Waals surface area contributed by atoms with E-state index in [4.69, 9.17) is 0 Å². The van der Waals surface area contributed by atoms with E-state index in [1.807, 2.05) is 42.5 Å². The van der Waals surface area contributed by atoms with E-state index in [-0.39, 0.29) is 12.5 Å². The van der Waals surface area contributed by atoms with Crippen molar-refractivity contribution in [1.82, 2.24) is 10.2 Å². The molecule has 2 N–H and O–H groups in total. The maximum absolute atomic E-state index is 13.2. The number of rotatable bonds is 3. The zero-order chi connectivity index (χ0) is 17.4. The Kier molecular flexibility index (Phi) is 3.81. The van der Waals surface area contributed by atoms with E-state index in [1.165, 1.54) is 0 Å². The van der Waals surface area contributed by atoms with Gasteiger partial charge in [0, 0.05) is 0 Å². The Balaban J connectivity index is 1.63. The summed E-state index contributed by atoms with van der Waals surface area (Å²) in [6.07, 6.45) is 1.45. The first-order chi connectivity index (χ1) is 12.1. The lowest BCUT2D eigenvalue weighted by molar-refractivity contribution is -0.133. The number of urea groups is 1.